The van der Waals surface area contributed by atoms with Gasteiger partial charge in [0.15, 0.2) is 0 Å². The smallest absolute Gasteiger partial charge is 0.116 e. The van der Waals surface area contributed by atoms with E-state index in [9.17, 15) is 0 Å². The predicted octanol–water partition coefficient (Wildman–Crippen LogP) is 3.77. The van der Waals surface area contributed by atoms with Crippen LogP contribution in [0.4, 0.5) is 0 Å². The molecule has 0 aromatic carbocycles. The maximum absolute atomic E-state index is 4.47. The van der Waals surface area contributed by atoms with Crippen molar-refractivity contribution in [3.8, 4) is 0 Å². The number of fused-ring (bicyclic) bond motifs is 1. The molecule has 0 bridgehead atoms. The van der Waals surface area contributed by atoms with Crippen LogP contribution in [0, 0.1) is 0 Å². The van der Waals surface area contributed by atoms with Crippen molar-refractivity contribution in [2.75, 3.05) is 0 Å². The molecule has 2 heterocycles. The summed E-state index contributed by atoms with van der Waals surface area (Å²) >= 11 is 1.74. The van der Waals surface area contributed by atoms with Crippen LogP contribution >= 0.6 is 11.3 Å². The lowest BCUT2D eigenvalue weighted by molar-refractivity contribution is 0.464. The number of aromatic nitrogens is 2. The number of rotatable bonds is 3. The van der Waals surface area contributed by atoms with Gasteiger partial charge in [-0.2, -0.15) is 0 Å². The second-order valence-corrected chi connectivity index (χ2v) is 5.41. The molecule has 0 atom stereocenters. The van der Waals surface area contributed by atoms with Crippen LogP contribution in [0.3, 0.4) is 0 Å². The summed E-state index contributed by atoms with van der Waals surface area (Å²) in [7, 11) is 0. The molecule has 0 aliphatic heterocycles. The van der Waals surface area contributed by atoms with Crippen molar-refractivity contribution in [3.63, 3.8) is 0 Å². The molecule has 0 saturated heterocycles. The highest BCUT2D eigenvalue weighted by Crippen LogP contribution is 2.33. The average molecular weight is 220 g/mol. The SMILES string of the molecule is CCCC(C)(C)c1ncnc2ccsc12. The highest BCUT2D eigenvalue weighted by Gasteiger charge is 2.24. The zero-order valence-corrected chi connectivity index (χ0v) is 10.3. The third-order valence-corrected chi connectivity index (χ3v) is 3.67. The Morgan fingerprint density at radius 1 is 1.33 bits per heavy atom. The maximum atomic E-state index is 4.47. The highest BCUT2D eigenvalue weighted by atomic mass is 32.1. The number of hydrogen-bond acceptors (Lipinski definition) is 3. The van der Waals surface area contributed by atoms with Crippen LogP contribution in [0.15, 0.2) is 17.8 Å². The quantitative estimate of drug-likeness (QED) is 0.787. The highest BCUT2D eigenvalue weighted by molar-refractivity contribution is 7.17. The Morgan fingerprint density at radius 3 is 2.87 bits per heavy atom. The van der Waals surface area contributed by atoms with Crippen molar-refractivity contribution in [2.24, 2.45) is 0 Å². The zero-order chi connectivity index (χ0) is 10.9. The van der Waals surface area contributed by atoms with Gasteiger partial charge in [-0.25, -0.2) is 9.97 Å². The molecule has 0 N–H and O–H groups in total. The summed E-state index contributed by atoms with van der Waals surface area (Å²) in [5.74, 6) is 0. The standard InChI is InChI=1S/C12H16N2S/c1-4-6-12(2,3)11-10-9(5-7-15-10)13-8-14-11/h5,7-8H,4,6H2,1-3H3. The largest absolute Gasteiger partial charge is 0.239 e. The summed E-state index contributed by atoms with van der Waals surface area (Å²) in [6.07, 6.45) is 4.03. The molecule has 2 nitrogen and oxygen atoms in total. The van der Waals surface area contributed by atoms with E-state index in [1.807, 2.05) is 0 Å². The number of hydrogen-bond donors (Lipinski definition) is 0. The molecule has 0 radical (unpaired) electrons. The molecule has 2 aromatic heterocycles. The fraction of sp³-hybridized carbons (Fsp3) is 0.500. The van der Waals surface area contributed by atoms with Crippen LogP contribution < -0.4 is 0 Å². The monoisotopic (exact) mass is 220 g/mol. The first-order valence-corrected chi connectivity index (χ1v) is 6.22. The molecule has 3 heteroatoms. The molecule has 0 spiro atoms. The normalized spacial score (nSPS) is 12.2. The summed E-state index contributed by atoms with van der Waals surface area (Å²) in [6.45, 7) is 6.74. The van der Waals surface area contributed by atoms with Gasteiger partial charge in [0.1, 0.15) is 6.33 Å². The lowest BCUT2D eigenvalue weighted by Gasteiger charge is -2.23. The predicted molar refractivity (Wildman–Crippen MR) is 65.3 cm³/mol. The first-order valence-electron chi connectivity index (χ1n) is 5.34. The van der Waals surface area contributed by atoms with E-state index in [0.29, 0.717) is 0 Å². The third kappa shape index (κ3) is 1.88. The maximum Gasteiger partial charge on any atom is 0.116 e. The topological polar surface area (TPSA) is 25.8 Å². The summed E-state index contributed by atoms with van der Waals surface area (Å²) in [4.78, 5) is 8.74. The minimum Gasteiger partial charge on any atom is -0.239 e. The van der Waals surface area contributed by atoms with Crippen molar-refractivity contribution in [2.45, 2.75) is 39.0 Å². The van der Waals surface area contributed by atoms with Crippen molar-refractivity contribution in [1.82, 2.24) is 9.97 Å². The Morgan fingerprint density at radius 2 is 2.13 bits per heavy atom. The molecule has 0 aliphatic rings. The van der Waals surface area contributed by atoms with E-state index in [1.54, 1.807) is 17.7 Å². The second-order valence-electron chi connectivity index (χ2n) is 4.49. The van der Waals surface area contributed by atoms with E-state index >= 15 is 0 Å². The molecule has 2 aromatic rings. The van der Waals surface area contributed by atoms with Crippen LogP contribution in [-0.4, -0.2) is 9.97 Å². The lowest BCUT2D eigenvalue weighted by Crippen LogP contribution is -2.18. The van der Waals surface area contributed by atoms with Gasteiger partial charge in [-0.1, -0.05) is 27.2 Å². The number of nitrogens with zero attached hydrogens (tertiary/aromatic N) is 2. The molecular weight excluding hydrogens is 204 g/mol. The van der Waals surface area contributed by atoms with E-state index in [0.717, 1.165) is 11.9 Å². The van der Waals surface area contributed by atoms with Crippen LogP contribution in [0.2, 0.25) is 0 Å². The van der Waals surface area contributed by atoms with Crippen LogP contribution in [0.1, 0.15) is 39.3 Å². The van der Waals surface area contributed by atoms with Gasteiger partial charge in [-0.05, 0) is 17.9 Å². The Hall–Kier alpha value is -0.960. The van der Waals surface area contributed by atoms with E-state index in [1.165, 1.54) is 16.8 Å². The van der Waals surface area contributed by atoms with Crippen molar-refractivity contribution in [3.05, 3.63) is 23.5 Å². The molecule has 80 valence electrons. The molecular formula is C12H16N2S. The summed E-state index contributed by atoms with van der Waals surface area (Å²) < 4.78 is 1.25. The summed E-state index contributed by atoms with van der Waals surface area (Å²) in [5, 5.41) is 2.09. The second kappa shape index (κ2) is 3.89. The Bertz CT molecular complexity index is 459. The van der Waals surface area contributed by atoms with Gasteiger partial charge in [-0.15, -0.1) is 11.3 Å². The van der Waals surface area contributed by atoms with Gasteiger partial charge in [-0.3, -0.25) is 0 Å². The van der Waals surface area contributed by atoms with E-state index in [4.69, 9.17) is 0 Å². The minimum absolute atomic E-state index is 0.154. The fourth-order valence-electron chi connectivity index (χ4n) is 2.01. The molecule has 0 amide bonds. The van der Waals surface area contributed by atoms with Crippen LogP contribution in [-0.2, 0) is 5.41 Å². The first kappa shape index (κ1) is 10.6. The van der Waals surface area contributed by atoms with Crippen LogP contribution in [0.25, 0.3) is 10.2 Å². The van der Waals surface area contributed by atoms with E-state index in [-0.39, 0.29) is 5.41 Å². The zero-order valence-electron chi connectivity index (χ0n) is 9.45. The van der Waals surface area contributed by atoms with E-state index < -0.39 is 0 Å². The van der Waals surface area contributed by atoms with Gasteiger partial charge < -0.3 is 0 Å². The Balaban J connectivity index is 2.55. The van der Waals surface area contributed by atoms with Gasteiger partial charge in [0.2, 0.25) is 0 Å². The van der Waals surface area contributed by atoms with E-state index in [2.05, 4.69) is 42.2 Å². The Labute approximate surface area is 94.4 Å². The molecule has 0 unspecified atom stereocenters. The Kier molecular flexibility index (Phi) is 2.74. The molecule has 0 fully saturated rings. The first-order chi connectivity index (χ1) is 7.15. The van der Waals surface area contributed by atoms with Gasteiger partial charge in [0.25, 0.3) is 0 Å². The molecule has 0 saturated carbocycles. The van der Waals surface area contributed by atoms with Gasteiger partial charge >= 0.3 is 0 Å². The average Bonchev–Trinajstić information content (AvgIpc) is 2.64. The molecule has 15 heavy (non-hydrogen) atoms. The number of thiophene rings is 1. The third-order valence-electron chi connectivity index (χ3n) is 2.76. The van der Waals surface area contributed by atoms with Crippen molar-refractivity contribution < 1.29 is 0 Å². The lowest BCUT2D eigenvalue weighted by atomic mass is 9.84. The summed E-state index contributed by atoms with van der Waals surface area (Å²) in [5.41, 5.74) is 2.43. The van der Waals surface area contributed by atoms with Gasteiger partial charge in [0, 0.05) is 5.41 Å². The van der Waals surface area contributed by atoms with Crippen LogP contribution in [0.5, 0.6) is 0 Å². The van der Waals surface area contributed by atoms with Gasteiger partial charge in [0.05, 0.1) is 15.9 Å². The minimum atomic E-state index is 0.154. The molecule has 0 aliphatic carbocycles. The van der Waals surface area contributed by atoms with Crippen molar-refractivity contribution in [1.29, 1.82) is 0 Å². The summed E-state index contributed by atoms with van der Waals surface area (Å²) in [6, 6.07) is 2.06. The fourth-order valence-corrected chi connectivity index (χ4v) is 3.03. The molecule has 2 rings (SSSR count). The van der Waals surface area contributed by atoms with Crippen molar-refractivity contribution >= 4 is 21.6 Å².